The van der Waals surface area contributed by atoms with Gasteiger partial charge in [0.05, 0.1) is 14.2 Å². The van der Waals surface area contributed by atoms with Crippen molar-refractivity contribution in [3.05, 3.63) is 0 Å². The molecule has 0 radical (unpaired) electrons. The van der Waals surface area contributed by atoms with Gasteiger partial charge in [0.1, 0.15) is 0 Å². The molecule has 0 heterocycles. The van der Waals surface area contributed by atoms with Crippen LogP contribution in [-0.4, -0.2) is 38.6 Å². The van der Waals surface area contributed by atoms with Crippen LogP contribution >= 0.6 is 0 Å². The van der Waals surface area contributed by atoms with Gasteiger partial charge in [-0.15, -0.1) is 0 Å². The van der Waals surface area contributed by atoms with E-state index in [1.165, 1.54) is 14.2 Å². The van der Waals surface area contributed by atoms with Crippen molar-refractivity contribution in [3.63, 3.8) is 0 Å². The molecule has 74 valence electrons. The van der Waals surface area contributed by atoms with E-state index >= 15 is 0 Å². The largest absolute Gasteiger partial charge is 0.279 e. The summed E-state index contributed by atoms with van der Waals surface area (Å²) in [7, 11) is 2.85. The van der Waals surface area contributed by atoms with Crippen molar-refractivity contribution < 1.29 is 19.6 Å². The van der Waals surface area contributed by atoms with Gasteiger partial charge in [-0.2, -0.15) is 9.78 Å². The van der Waals surface area contributed by atoms with Gasteiger partial charge in [-0.3, -0.25) is 4.90 Å². The molecule has 0 aliphatic carbocycles. The summed E-state index contributed by atoms with van der Waals surface area (Å²) in [5.74, 6) is 0. The fourth-order valence-electron chi connectivity index (χ4n) is 0.824. The van der Waals surface area contributed by atoms with Gasteiger partial charge in [-0.05, 0) is 0 Å². The summed E-state index contributed by atoms with van der Waals surface area (Å²) < 4.78 is 0. The van der Waals surface area contributed by atoms with Gasteiger partial charge in [0, 0.05) is 13.1 Å². The molecule has 0 atom stereocenters. The van der Waals surface area contributed by atoms with Gasteiger partial charge in [-0.1, -0.05) is 13.8 Å². The van der Waals surface area contributed by atoms with Crippen LogP contribution < -0.4 is 0 Å². The predicted molar refractivity (Wildman–Crippen MR) is 42.9 cm³/mol. The number of hydrogen-bond donors (Lipinski definition) is 0. The lowest BCUT2D eigenvalue weighted by Crippen LogP contribution is -2.38. The van der Waals surface area contributed by atoms with Crippen LogP contribution in [-0.2, 0) is 19.6 Å². The Hall–Kier alpha value is -0.200. The summed E-state index contributed by atoms with van der Waals surface area (Å²) in [5, 5.41) is 0. The Balaban J connectivity index is 3.86. The van der Waals surface area contributed by atoms with E-state index in [1.807, 2.05) is 18.7 Å². The van der Waals surface area contributed by atoms with Gasteiger partial charge in [0.15, 0.2) is 0 Å². The van der Waals surface area contributed by atoms with Gasteiger partial charge < -0.3 is 0 Å². The van der Waals surface area contributed by atoms with Crippen molar-refractivity contribution in [3.8, 4) is 0 Å². The maximum absolute atomic E-state index is 4.80. The van der Waals surface area contributed by atoms with Gasteiger partial charge in [0.2, 0.25) is 0 Å². The molecular weight excluding hydrogens is 162 g/mol. The molecule has 0 rings (SSSR count). The second kappa shape index (κ2) is 7.45. The molecule has 12 heavy (non-hydrogen) atoms. The van der Waals surface area contributed by atoms with Crippen LogP contribution in [0.4, 0.5) is 0 Å². The fraction of sp³-hybridized carbons (Fsp3) is 1.00. The molecule has 0 aliphatic rings. The zero-order chi connectivity index (χ0) is 9.40. The van der Waals surface area contributed by atoms with Gasteiger partial charge >= 0.3 is 0 Å². The molecule has 0 aromatic rings. The van der Waals surface area contributed by atoms with Gasteiger partial charge in [0.25, 0.3) is 6.41 Å². The van der Waals surface area contributed by atoms with E-state index in [-0.39, 0.29) is 0 Å². The Labute approximate surface area is 73.0 Å². The van der Waals surface area contributed by atoms with Crippen molar-refractivity contribution in [2.45, 2.75) is 20.3 Å². The van der Waals surface area contributed by atoms with E-state index in [2.05, 4.69) is 9.78 Å². The molecule has 0 unspecified atom stereocenters. The molecule has 0 saturated carbocycles. The second-order valence-corrected chi connectivity index (χ2v) is 2.05. The third-order valence-corrected chi connectivity index (χ3v) is 1.47. The zero-order valence-corrected chi connectivity index (χ0v) is 8.07. The van der Waals surface area contributed by atoms with Crippen LogP contribution in [0.2, 0.25) is 0 Å². The lowest BCUT2D eigenvalue weighted by atomic mass is 10.5. The van der Waals surface area contributed by atoms with E-state index in [9.17, 15) is 0 Å². The van der Waals surface area contributed by atoms with Crippen LogP contribution in [0.1, 0.15) is 13.8 Å². The monoisotopic (exact) mass is 179 g/mol. The van der Waals surface area contributed by atoms with Crippen LogP contribution in [0.5, 0.6) is 0 Å². The van der Waals surface area contributed by atoms with E-state index in [4.69, 9.17) is 9.78 Å². The summed E-state index contributed by atoms with van der Waals surface area (Å²) in [5.41, 5.74) is 0. The molecule has 0 fully saturated rings. The summed E-state index contributed by atoms with van der Waals surface area (Å²) in [6.07, 6.45) is -0.602. The molecule has 0 aromatic heterocycles. The molecule has 0 N–H and O–H groups in total. The Bertz CT molecular complexity index is 91.4. The lowest BCUT2D eigenvalue weighted by Gasteiger charge is -2.25. The van der Waals surface area contributed by atoms with Crippen molar-refractivity contribution in [2.75, 3.05) is 27.3 Å². The highest BCUT2D eigenvalue weighted by atomic mass is 17.3. The fourth-order valence-corrected chi connectivity index (χ4v) is 0.824. The molecular formula is C7H17NO4. The maximum Gasteiger partial charge on any atom is 0.279 e. The predicted octanol–water partition coefficient (Wildman–Crippen LogP) is 0.768. The molecule has 0 spiro atoms. The molecule has 5 nitrogen and oxygen atoms in total. The smallest absolute Gasteiger partial charge is 0.251 e. The molecule has 5 heteroatoms. The first-order chi connectivity index (χ1) is 5.79. The minimum Gasteiger partial charge on any atom is -0.251 e. The van der Waals surface area contributed by atoms with E-state index in [1.54, 1.807) is 0 Å². The third kappa shape index (κ3) is 3.99. The van der Waals surface area contributed by atoms with Crippen LogP contribution in [0.15, 0.2) is 0 Å². The summed E-state index contributed by atoms with van der Waals surface area (Å²) in [6.45, 7) is 5.59. The number of hydrogen-bond acceptors (Lipinski definition) is 5. The quantitative estimate of drug-likeness (QED) is 0.328. The lowest BCUT2D eigenvalue weighted by molar-refractivity contribution is -0.480. The van der Waals surface area contributed by atoms with E-state index in [0.717, 1.165) is 13.1 Å². The minimum absolute atomic E-state index is 0.602. The number of rotatable bonds is 7. The zero-order valence-electron chi connectivity index (χ0n) is 8.07. The Morgan fingerprint density at radius 3 is 1.67 bits per heavy atom. The number of nitrogens with zero attached hydrogens (tertiary/aromatic N) is 1. The first-order valence-electron chi connectivity index (χ1n) is 3.93. The van der Waals surface area contributed by atoms with Crippen molar-refractivity contribution in [2.24, 2.45) is 0 Å². The molecule has 0 amide bonds. The summed E-state index contributed by atoms with van der Waals surface area (Å²) >= 11 is 0. The highest BCUT2D eigenvalue weighted by Crippen LogP contribution is 2.02. The van der Waals surface area contributed by atoms with Gasteiger partial charge in [-0.25, -0.2) is 9.78 Å². The second-order valence-electron chi connectivity index (χ2n) is 2.05. The molecule has 0 saturated heterocycles. The van der Waals surface area contributed by atoms with Crippen LogP contribution in [0, 0.1) is 0 Å². The molecule has 0 bridgehead atoms. The van der Waals surface area contributed by atoms with Crippen molar-refractivity contribution >= 4 is 0 Å². The van der Waals surface area contributed by atoms with E-state index in [0.29, 0.717) is 0 Å². The summed E-state index contributed by atoms with van der Waals surface area (Å²) in [4.78, 5) is 20.5. The topological polar surface area (TPSA) is 40.2 Å². The highest BCUT2D eigenvalue weighted by molar-refractivity contribution is 4.46. The third-order valence-electron chi connectivity index (χ3n) is 1.47. The average molecular weight is 179 g/mol. The minimum atomic E-state index is -0.602. The SMILES string of the molecule is CCN(CC)C(OOC)OOC. The molecule has 0 aliphatic heterocycles. The van der Waals surface area contributed by atoms with Crippen LogP contribution in [0.25, 0.3) is 0 Å². The normalized spacial score (nSPS) is 11.5. The van der Waals surface area contributed by atoms with Crippen LogP contribution in [0.3, 0.4) is 0 Å². The van der Waals surface area contributed by atoms with E-state index < -0.39 is 6.41 Å². The Morgan fingerprint density at radius 2 is 1.42 bits per heavy atom. The summed E-state index contributed by atoms with van der Waals surface area (Å²) in [6, 6.07) is 0. The standard InChI is InChI=1S/C7H17NO4/c1-5-8(6-2)7(11-9-3)12-10-4/h7H,5-6H2,1-4H3. The maximum atomic E-state index is 4.80. The van der Waals surface area contributed by atoms with Crippen molar-refractivity contribution in [1.29, 1.82) is 0 Å². The highest BCUT2D eigenvalue weighted by Gasteiger charge is 2.17. The first kappa shape index (κ1) is 11.8. The Morgan fingerprint density at radius 1 is 1.00 bits per heavy atom. The molecule has 0 aromatic carbocycles. The Kier molecular flexibility index (Phi) is 7.33. The van der Waals surface area contributed by atoms with Crippen molar-refractivity contribution in [1.82, 2.24) is 4.90 Å². The average Bonchev–Trinajstić information content (AvgIpc) is 2.07. The first-order valence-corrected chi connectivity index (χ1v) is 3.93.